The van der Waals surface area contributed by atoms with Gasteiger partial charge in [-0.2, -0.15) is 11.3 Å². The second-order valence-electron chi connectivity index (χ2n) is 6.04. The molecule has 1 fully saturated rings. The number of primary amides is 1. The van der Waals surface area contributed by atoms with Gasteiger partial charge in [0.15, 0.2) is 0 Å². The molecule has 7 heteroatoms. The van der Waals surface area contributed by atoms with Crippen LogP contribution in [-0.2, 0) is 11.3 Å². The van der Waals surface area contributed by atoms with E-state index in [0.29, 0.717) is 13.0 Å². The molecular formula is C16H27N4O2S+. The smallest absolute Gasteiger partial charge is 0.312 e. The molecule has 4 N–H and O–H groups in total. The van der Waals surface area contributed by atoms with Crippen LogP contribution in [0.1, 0.15) is 31.2 Å². The molecule has 2 heterocycles. The van der Waals surface area contributed by atoms with Crippen LogP contribution in [0.5, 0.6) is 0 Å². The molecule has 0 atom stereocenters. The normalized spacial score (nSPS) is 15.6. The highest BCUT2D eigenvalue weighted by atomic mass is 32.1. The molecule has 0 bridgehead atoms. The number of urea groups is 1. The first-order valence-electron chi connectivity index (χ1n) is 8.31. The topological polar surface area (TPSA) is 79.9 Å². The van der Waals surface area contributed by atoms with Crippen LogP contribution < -0.4 is 16.0 Å². The highest BCUT2D eigenvalue weighted by molar-refractivity contribution is 7.07. The van der Waals surface area contributed by atoms with E-state index in [2.05, 4.69) is 22.1 Å². The maximum atomic E-state index is 12.2. The Balaban J connectivity index is 1.55. The van der Waals surface area contributed by atoms with E-state index in [1.54, 1.807) is 16.2 Å². The van der Waals surface area contributed by atoms with Crippen LogP contribution in [0, 0.1) is 0 Å². The largest absolute Gasteiger partial charge is 0.352 e. The molecule has 23 heavy (non-hydrogen) atoms. The number of amides is 3. The number of carbonyl (C=O) groups excluding carboxylic acids is 2. The van der Waals surface area contributed by atoms with Gasteiger partial charge >= 0.3 is 6.03 Å². The minimum Gasteiger partial charge on any atom is -0.352 e. The molecule has 1 aliphatic heterocycles. The van der Waals surface area contributed by atoms with Crippen LogP contribution in [-0.4, -0.2) is 49.6 Å². The highest BCUT2D eigenvalue weighted by Crippen LogP contribution is 2.05. The van der Waals surface area contributed by atoms with E-state index < -0.39 is 6.03 Å². The maximum absolute atomic E-state index is 12.2. The third-order valence-electron chi connectivity index (χ3n) is 4.22. The van der Waals surface area contributed by atoms with E-state index in [1.807, 2.05) is 4.90 Å². The summed E-state index contributed by atoms with van der Waals surface area (Å²) in [5, 5.41) is 6.89. The lowest BCUT2D eigenvalue weighted by Crippen LogP contribution is -3.13. The molecule has 1 aromatic rings. The third-order valence-corrected chi connectivity index (χ3v) is 4.96. The number of unbranched alkanes of at least 4 members (excludes halogenated alkanes) is 2. The molecule has 0 aliphatic carbocycles. The molecule has 1 saturated heterocycles. The number of nitrogens with zero attached hydrogens (tertiary/aromatic N) is 1. The highest BCUT2D eigenvalue weighted by Gasteiger charge is 2.23. The van der Waals surface area contributed by atoms with Crippen molar-refractivity contribution < 1.29 is 14.5 Å². The monoisotopic (exact) mass is 339 g/mol. The molecule has 128 valence electrons. The number of nitrogens with two attached hydrogens (primary N) is 1. The number of thiophene rings is 1. The Morgan fingerprint density at radius 2 is 2.04 bits per heavy atom. The van der Waals surface area contributed by atoms with E-state index in [-0.39, 0.29) is 5.91 Å². The van der Waals surface area contributed by atoms with Crippen LogP contribution in [0.25, 0.3) is 0 Å². The summed E-state index contributed by atoms with van der Waals surface area (Å²) < 4.78 is 0. The Morgan fingerprint density at radius 3 is 2.70 bits per heavy atom. The van der Waals surface area contributed by atoms with E-state index in [4.69, 9.17) is 5.73 Å². The predicted octanol–water partition coefficient (Wildman–Crippen LogP) is 0.204. The van der Waals surface area contributed by atoms with E-state index in [1.165, 1.54) is 5.56 Å². The first kappa shape index (κ1) is 17.7. The SMILES string of the molecule is NC(=O)NCCCCCC(=O)N1CC[NH+](Cc2ccsc2)CC1. The first-order chi connectivity index (χ1) is 11.1. The molecule has 0 spiro atoms. The van der Waals surface area contributed by atoms with Crippen LogP contribution in [0.4, 0.5) is 4.79 Å². The number of quaternary nitrogens is 1. The molecule has 3 amide bonds. The second kappa shape index (κ2) is 9.52. The van der Waals surface area contributed by atoms with E-state index in [9.17, 15) is 9.59 Å². The van der Waals surface area contributed by atoms with Gasteiger partial charge in [0.25, 0.3) is 0 Å². The van der Waals surface area contributed by atoms with Crippen molar-refractivity contribution in [3.63, 3.8) is 0 Å². The summed E-state index contributed by atoms with van der Waals surface area (Å²) in [6, 6.07) is 1.70. The van der Waals surface area contributed by atoms with Crippen molar-refractivity contribution >= 4 is 23.3 Å². The Hall–Kier alpha value is -1.60. The van der Waals surface area contributed by atoms with Crippen molar-refractivity contribution in [1.82, 2.24) is 10.2 Å². The average Bonchev–Trinajstić information content (AvgIpc) is 3.04. The summed E-state index contributed by atoms with van der Waals surface area (Å²) in [5.74, 6) is 0.266. The van der Waals surface area contributed by atoms with Crippen molar-refractivity contribution in [2.24, 2.45) is 5.73 Å². The van der Waals surface area contributed by atoms with Gasteiger partial charge in [-0.15, -0.1) is 0 Å². The molecule has 1 aromatic heterocycles. The van der Waals surface area contributed by atoms with Gasteiger partial charge in [0.2, 0.25) is 5.91 Å². The summed E-state index contributed by atoms with van der Waals surface area (Å²) in [6.07, 6.45) is 3.29. The van der Waals surface area contributed by atoms with Crippen molar-refractivity contribution in [3.8, 4) is 0 Å². The average molecular weight is 339 g/mol. The van der Waals surface area contributed by atoms with Gasteiger partial charge in [0, 0.05) is 18.5 Å². The molecule has 1 aliphatic rings. The molecule has 0 saturated carbocycles. The zero-order chi connectivity index (χ0) is 16.5. The Morgan fingerprint density at radius 1 is 1.26 bits per heavy atom. The number of piperazine rings is 1. The number of hydrogen-bond donors (Lipinski definition) is 3. The van der Waals surface area contributed by atoms with Gasteiger partial charge in [-0.1, -0.05) is 6.42 Å². The lowest BCUT2D eigenvalue weighted by Gasteiger charge is -2.32. The zero-order valence-electron chi connectivity index (χ0n) is 13.6. The van der Waals surface area contributed by atoms with Crippen LogP contribution in [0.15, 0.2) is 16.8 Å². The van der Waals surface area contributed by atoms with Gasteiger partial charge in [0.1, 0.15) is 6.54 Å². The predicted molar refractivity (Wildman–Crippen MR) is 91.4 cm³/mol. The van der Waals surface area contributed by atoms with Crippen LogP contribution >= 0.6 is 11.3 Å². The minimum atomic E-state index is -0.483. The Kier molecular flexibility index (Phi) is 7.35. The van der Waals surface area contributed by atoms with Gasteiger partial charge < -0.3 is 20.9 Å². The van der Waals surface area contributed by atoms with Crippen LogP contribution in [0.2, 0.25) is 0 Å². The molecule has 2 rings (SSSR count). The molecular weight excluding hydrogens is 312 g/mol. The summed E-state index contributed by atoms with van der Waals surface area (Å²) >= 11 is 1.74. The fourth-order valence-electron chi connectivity index (χ4n) is 2.88. The fraction of sp³-hybridized carbons (Fsp3) is 0.625. The fourth-order valence-corrected chi connectivity index (χ4v) is 3.55. The van der Waals surface area contributed by atoms with Gasteiger partial charge in [-0.05, 0) is 29.7 Å². The molecule has 0 radical (unpaired) electrons. The van der Waals surface area contributed by atoms with Gasteiger partial charge in [0.05, 0.1) is 26.2 Å². The van der Waals surface area contributed by atoms with Crippen molar-refractivity contribution in [2.75, 3.05) is 32.7 Å². The number of hydrogen-bond acceptors (Lipinski definition) is 3. The molecule has 6 nitrogen and oxygen atoms in total. The van der Waals surface area contributed by atoms with Crippen molar-refractivity contribution in [1.29, 1.82) is 0 Å². The lowest BCUT2D eigenvalue weighted by atomic mass is 10.1. The van der Waals surface area contributed by atoms with Gasteiger partial charge in [-0.25, -0.2) is 4.79 Å². The number of carbonyl (C=O) groups is 2. The summed E-state index contributed by atoms with van der Waals surface area (Å²) in [5.41, 5.74) is 6.39. The van der Waals surface area contributed by atoms with Crippen LogP contribution in [0.3, 0.4) is 0 Å². The van der Waals surface area contributed by atoms with E-state index >= 15 is 0 Å². The van der Waals surface area contributed by atoms with Gasteiger partial charge in [-0.3, -0.25) is 4.79 Å². The first-order valence-corrected chi connectivity index (χ1v) is 9.25. The summed E-state index contributed by atoms with van der Waals surface area (Å²) in [4.78, 5) is 26.3. The minimum absolute atomic E-state index is 0.266. The van der Waals surface area contributed by atoms with Crippen molar-refractivity contribution in [2.45, 2.75) is 32.2 Å². The molecule has 0 unspecified atom stereocenters. The quantitative estimate of drug-likeness (QED) is 0.592. The zero-order valence-corrected chi connectivity index (χ0v) is 14.4. The Labute approximate surface area is 141 Å². The summed E-state index contributed by atoms with van der Waals surface area (Å²) in [7, 11) is 0. The van der Waals surface area contributed by atoms with Crippen molar-refractivity contribution in [3.05, 3.63) is 22.4 Å². The maximum Gasteiger partial charge on any atom is 0.312 e. The van der Waals surface area contributed by atoms with E-state index in [0.717, 1.165) is 52.0 Å². The third kappa shape index (κ3) is 6.58. The lowest BCUT2D eigenvalue weighted by molar-refractivity contribution is -0.917. The standard InChI is InChI=1S/C16H26N4O2S/c17-16(22)18-6-3-1-2-4-15(21)20-9-7-19(8-10-20)12-14-5-11-23-13-14/h5,11,13H,1-4,6-10,12H2,(H3,17,18,22)/p+1. The Bertz CT molecular complexity index is 484. The number of rotatable bonds is 8. The number of nitrogens with one attached hydrogen (secondary N) is 2. The second-order valence-corrected chi connectivity index (χ2v) is 6.82. The molecule has 0 aromatic carbocycles. The summed E-state index contributed by atoms with van der Waals surface area (Å²) in [6.45, 7) is 5.45.